The summed E-state index contributed by atoms with van der Waals surface area (Å²) in [7, 11) is 0. The Kier molecular flexibility index (Phi) is 4.05. The van der Waals surface area contributed by atoms with Crippen molar-refractivity contribution < 1.29 is 9.90 Å². The summed E-state index contributed by atoms with van der Waals surface area (Å²) in [4.78, 5) is 11.7. The molecule has 0 aliphatic carbocycles. The van der Waals surface area contributed by atoms with Crippen molar-refractivity contribution in [2.45, 2.75) is 13.3 Å². The number of ketones is 1. The minimum Gasteiger partial charge on any atom is -0.508 e. The first kappa shape index (κ1) is 16.2. The highest BCUT2D eigenvalue weighted by Gasteiger charge is 2.15. The Morgan fingerprint density at radius 2 is 1.81 bits per heavy atom. The fourth-order valence-corrected chi connectivity index (χ4v) is 3.34. The van der Waals surface area contributed by atoms with Crippen LogP contribution >= 0.6 is 0 Å². The van der Waals surface area contributed by atoms with Gasteiger partial charge in [-0.25, -0.2) is 0 Å². The molecule has 0 radical (unpaired) electrons. The molecule has 0 unspecified atom stereocenters. The Morgan fingerprint density at radius 3 is 2.62 bits per heavy atom. The monoisotopic (exact) mass is 341 g/mol. The maximum atomic E-state index is 11.7. The first-order valence-electron chi connectivity index (χ1n) is 8.61. The van der Waals surface area contributed by atoms with E-state index in [0.717, 1.165) is 33.6 Å². The summed E-state index contributed by atoms with van der Waals surface area (Å²) < 4.78 is 0. The van der Waals surface area contributed by atoms with Gasteiger partial charge in [-0.05, 0) is 66.4 Å². The second kappa shape index (κ2) is 6.52. The highest BCUT2D eigenvalue weighted by Crippen LogP contribution is 2.36. The third kappa shape index (κ3) is 3.00. The van der Waals surface area contributed by atoms with Crippen LogP contribution in [0.3, 0.4) is 0 Å². The van der Waals surface area contributed by atoms with Gasteiger partial charge in [0, 0.05) is 22.5 Å². The second-order valence-electron chi connectivity index (χ2n) is 6.47. The first-order valence-corrected chi connectivity index (χ1v) is 8.61. The van der Waals surface area contributed by atoms with Gasteiger partial charge in [-0.2, -0.15) is 0 Å². The topological polar surface area (TPSA) is 49.3 Å². The van der Waals surface area contributed by atoms with Gasteiger partial charge in [0.1, 0.15) is 5.75 Å². The number of carbonyl (C=O) groups excluding carboxylic acids is 1. The number of anilines is 2. The number of carbonyl (C=O) groups is 1. The van der Waals surface area contributed by atoms with E-state index in [-0.39, 0.29) is 11.5 Å². The molecule has 26 heavy (non-hydrogen) atoms. The molecule has 0 amide bonds. The van der Waals surface area contributed by atoms with Gasteiger partial charge >= 0.3 is 0 Å². The van der Waals surface area contributed by atoms with Crippen LogP contribution < -0.4 is 5.32 Å². The maximum absolute atomic E-state index is 11.7. The standard InChI is InChI=1S/C23H19NO2/c1-15(25)16-10-12-22-18(13-16)9-11-20(17-5-4-6-19(26)14-17)21-7-2-3-8-23(21)24-22/h2-8,10-14,24,26H,9H2,1H3. The molecule has 3 aromatic rings. The van der Waals surface area contributed by atoms with Crippen LogP contribution in [0.5, 0.6) is 5.75 Å². The molecular weight excluding hydrogens is 322 g/mol. The molecule has 3 aromatic carbocycles. The molecule has 0 bridgehead atoms. The summed E-state index contributed by atoms with van der Waals surface area (Å²) >= 11 is 0. The number of phenolic OH excluding ortho intramolecular Hbond substituents is 1. The van der Waals surface area contributed by atoms with Crippen LogP contribution in [0, 0.1) is 0 Å². The van der Waals surface area contributed by atoms with Crippen molar-refractivity contribution in [1.29, 1.82) is 0 Å². The Balaban J connectivity index is 1.89. The van der Waals surface area contributed by atoms with E-state index in [2.05, 4.69) is 17.5 Å². The number of allylic oxidation sites excluding steroid dienone is 1. The molecule has 3 heteroatoms. The van der Waals surface area contributed by atoms with Crippen LogP contribution in [0.25, 0.3) is 5.57 Å². The Hall–Kier alpha value is -3.33. The van der Waals surface area contributed by atoms with E-state index in [1.165, 1.54) is 0 Å². The summed E-state index contributed by atoms with van der Waals surface area (Å²) in [5.74, 6) is 0.308. The number of hydrogen-bond acceptors (Lipinski definition) is 3. The fourth-order valence-electron chi connectivity index (χ4n) is 3.34. The zero-order valence-corrected chi connectivity index (χ0v) is 14.5. The average Bonchev–Trinajstić information content (AvgIpc) is 2.62. The maximum Gasteiger partial charge on any atom is 0.159 e. The van der Waals surface area contributed by atoms with E-state index in [4.69, 9.17) is 0 Å². The molecule has 0 atom stereocenters. The third-order valence-electron chi connectivity index (χ3n) is 4.68. The molecule has 0 saturated heterocycles. The molecule has 0 aromatic heterocycles. The van der Waals surface area contributed by atoms with Crippen molar-refractivity contribution in [3.05, 3.63) is 95.1 Å². The molecule has 0 spiro atoms. The summed E-state index contributed by atoms with van der Waals surface area (Å²) in [5.41, 5.74) is 6.90. The fraction of sp³-hybridized carbons (Fsp3) is 0.0870. The molecule has 1 heterocycles. The number of hydrogen-bond donors (Lipinski definition) is 2. The summed E-state index contributed by atoms with van der Waals surface area (Å²) in [6, 6.07) is 21.2. The van der Waals surface area contributed by atoms with Gasteiger partial charge in [-0.15, -0.1) is 0 Å². The highest BCUT2D eigenvalue weighted by atomic mass is 16.3. The van der Waals surface area contributed by atoms with Crippen molar-refractivity contribution in [3.63, 3.8) is 0 Å². The zero-order chi connectivity index (χ0) is 18.1. The lowest BCUT2D eigenvalue weighted by molar-refractivity contribution is 0.101. The third-order valence-corrected chi connectivity index (χ3v) is 4.68. The van der Waals surface area contributed by atoms with Crippen LogP contribution in [0.2, 0.25) is 0 Å². The molecular formula is C23H19NO2. The molecule has 2 N–H and O–H groups in total. The largest absolute Gasteiger partial charge is 0.508 e. The molecule has 1 aliphatic heterocycles. The van der Waals surface area contributed by atoms with E-state index < -0.39 is 0 Å². The Bertz CT molecular complexity index is 1030. The average molecular weight is 341 g/mol. The smallest absolute Gasteiger partial charge is 0.159 e. The Labute approximate surface area is 152 Å². The van der Waals surface area contributed by atoms with Crippen molar-refractivity contribution in [2.75, 3.05) is 5.32 Å². The predicted octanol–water partition coefficient (Wildman–Crippen LogP) is 5.33. The van der Waals surface area contributed by atoms with Crippen LogP contribution in [0.1, 0.15) is 34.0 Å². The quantitative estimate of drug-likeness (QED) is 0.620. The molecule has 0 saturated carbocycles. The van der Waals surface area contributed by atoms with Crippen LogP contribution in [0.4, 0.5) is 11.4 Å². The van der Waals surface area contributed by atoms with Gasteiger partial charge in [-0.1, -0.05) is 36.4 Å². The van der Waals surface area contributed by atoms with Gasteiger partial charge in [0.05, 0.1) is 0 Å². The summed E-state index contributed by atoms with van der Waals surface area (Å²) in [6.45, 7) is 1.58. The first-order chi connectivity index (χ1) is 12.6. The van der Waals surface area contributed by atoms with Crippen molar-refractivity contribution in [2.24, 2.45) is 0 Å². The predicted molar refractivity (Wildman–Crippen MR) is 105 cm³/mol. The van der Waals surface area contributed by atoms with Gasteiger partial charge in [0.2, 0.25) is 0 Å². The van der Waals surface area contributed by atoms with Crippen LogP contribution in [-0.2, 0) is 6.42 Å². The lowest BCUT2D eigenvalue weighted by atomic mass is 9.92. The minimum absolute atomic E-state index is 0.0624. The van der Waals surface area contributed by atoms with Crippen molar-refractivity contribution >= 4 is 22.7 Å². The lowest BCUT2D eigenvalue weighted by Gasteiger charge is -2.21. The zero-order valence-electron chi connectivity index (χ0n) is 14.5. The van der Waals surface area contributed by atoms with Crippen molar-refractivity contribution in [3.8, 4) is 5.75 Å². The number of Topliss-reactive ketones (excluding diaryl/α,β-unsaturated/α-hetero) is 1. The van der Waals surface area contributed by atoms with E-state index in [1.807, 2.05) is 48.5 Å². The lowest BCUT2D eigenvalue weighted by Crippen LogP contribution is -2.05. The number of benzene rings is 3. The minimum atomic E-state index is 0.0624. The number of phenols is 1. The van der Waals surface area contributed by atoms with Crippen LogP contribution in [0.15, 0.2) is 72.8 Å². The number of nitrogens with one attached hydrogen (secondary N) is 1. The number of aromatic hydroxyl groups is 1. The molecule has 3 nitrogen and oxygen atoms in total. The number of para-hydroxylation sites is 1. The summed E-state index contributed by atoms with van der Waals surface area (Å²) in [6.07, 6.45) is 2.86. The van der Waals surface area contributed by atoms with E-state index >= 15 is 0 Å². The van der Waals surface area contributed by atoms with Crippen LogP contribution in [-0.4, -0.2) is 10.9 Å². The van der Waals surface area contributed by atoms with Gasteiger partial charge in [0.25, 0.3) is 0 Å². The van der Waals surface area contributed by atoms with Gasteiger partial charge < -0.3 is 10.4 Å². The number of rotatable bonds is 2. The molecule has 4 rings (SSSR count). The van der Waals surface area contributed by atoms with Gasteiger partial charge in [0.15, 0.2) is 5.78 Å². The number of fused-ring (bicyclic) bond motifs is 2. The molecule has 1 aliphatic rings. The van der Waals surface area contributed by atoms with E-state index in [9.17, 15) is 9.90 Å². The van der Waals surface area contributed by atoms with E-state index in [0.29, 0.717) is 12.0 Å². The molecule has 128 valence electrons. The van der Waals surface area contributed by atoms with Crippen molar-refractivity contribution in [1.82, 2.24) is 0 Å². The molecule has 0 fully saturated rings. The van der Waals surface area contributed by atoms with E-state index in [1.54, 1.807) is 19.1 Å². The van der Waals surface area contributed by atoms with Gasteiger partial charge in [-0.3, -0.25) is 4.79 Å². The SMILES string of the molecule is CC(=O)c1ccc2c(c1)CC=C(c1cccc(O)c1)c1ccccc1N2. The highest BCUT2D eigenvalue weighted by molar-refractivity contribution is 5.95. The Morgan fingerprint density at radius 1 is 0.962 bits per heavy atom. The second-order valence-corrected chi connectivity index (χ2v) is 6.47. The summed E-state index contributed by atoms with van der Waals surface area (Å²) in [5, 5.41) is 13.4. The normalized spacial score (nSPS) is 12.7.